The normalized spacial score (nSPS) is 51.9. The van der Waals surface area contributed by atoms with E-state index in [1.807, 2.05) is 6.92 Å². The third-order valence-electron chi connectivity index (χ3n) is 8.99. The molecule has 23 heavy (non-hydrogen) atoms. The second-order valence-corrected chi connectivity index (χ2v) is 9.57. The lowest BCUT2D eigenvalue weighted by atomic mass is 9.49. The van der Waals surface area contributed by atoms with Crippen molar-refractivity contribution in [1.82, 2.24) is 0 Å². The molecular weight excluding hydrogens is 276 g/mol. The van der Waals surface area contributed by atoms with Crippen LogP contribution in [0.4, 0.5) is 0 Å². The van der Waals surface area contributed by atoms with Gasteiger partial charge in [0, 0.05) is 5.92 Å². The SMILES string of the molecule is CC#CC1CC[C@H]2C(CC[C@@H]3[C@@H]2CC[C@]2(C)[C@@H](CC)CC[C@@H]32)C1. The summed E-state index contributed by atoms with van der Waals surface area (Å²) in [7, 11) is 0. The highest BCUT2D eigenvalue weighted by Gasteiger charge is 2.56. The minimum atomic E-state index is 0.702. The molecule has 0 aromatic heterocycles. The zero-order valence-corrected chi connectivity index (χ0v) is 15.6. The zero-order chi connectivity index (χ0) is 16.0. The van der Waals surface area contributed by atoms with E-state index in [0.717, 1.165) is 41.4 Å². The molecule has 8 atom stereocenters. The molecule has 0 nitrogen and oxygen atoms in total. The quantitative estimate of drug-likeness (QED) is 0.498. The number of rotatable bonds is 1. The Morgan fingerprint density at radius 2 is 1.74 bits per heavy atom. The van der Waals surface area contributed by atoms with E-state index in [-0.39, 0.29) is 0 Å². The first-order valence-corrected chi connectivity index (χ1v) is 10.6. The second kappa shape index (κ2) is 6.13. The van der Waals surface area contributed by atoms with E-state index in [2.05, 4.69) is 25.7 Å². The predicted octanol–water partition coefficient (Wildman–Crippen LogP) is 6.30. The van der Waals surface area contributed by atoms with Gasteiger partial charge in [0.25, 0.3) is 0 Å². The summed E-state index contributed by atoms with van der Waals surface area (Å²) in [6.07, 6.45) is 15.0. The van der Waals surface area contributed by atoms with Gasteiger partial charge in [-0.3, -0.25) is 0 Å². The Kier molecular flexibility index (Phi) is 4.28. The third-order valence-corrected chi connectivity index (χ3v) is 8.99. The van der Waals surface area contributed by atoms with Crippen molar-refractivity contribution in [3.63, 3.8) is 0 Å². The van der Waals surface area contributed by atoms with Crippen molar-refractivity contribution in [1.29, 1.82) is 0 Å². The predicted molar refractivity (Wildman–Crippen MR) is 97.8 cm³/mol. The highest BCUT2D eigenvalue weighted by atomic mass is 14.6. The first-order valence-electron chi connectivity index (χ1n) is 10.6. The minimum absolute atomic E-state index is 0.702. The van der Waals surface area contributed by atoms with Gasteiger partial charge >= 0.3 is 0 Å². The Hall–Kier alpha value is -0.440. The molecule has 128 valence electrons. The third kappa shape index (κ3) is 2.49. The first kappa shape index (κ1) is 16.1. The van der Waals surface area contributed by atoms with Crippen LogP contribution in [0.3, 0.4) is 0 Å². The van der Waals surface area contributed by atoms with Gasteiger partial charge in [-0.05, 0) is 106 Å². The lowest BCUT2D eigenvalue weighted by Gasteiger charge is -2.56. The van der Waals surface area contributed by atoms with Crippen LogP contribution in [-0.4, -0.2) is 0 Å². The second-order valence-electron chi connectivity index (χ2n) is 9.57. The molecule has 4 aliphatic rings. The van der Waals surface area contributed by atoms with Crippen LogP contribution in [0, 0.1) is 58.7 Å². The molecule has 4 aliphatic carbocycles. The Balaban J connectivity index is 1.51. The maximum atomic E-state index is 3.50. The van der Waals surface area contributed by atoms with Gasteiger partial charge in [0.1, 0.15) is 0 Å². The Morgan fingerprint density at radius 1 is 0.913 bits per heavy atom. The molecule has 0 amide bonds. The maximum Gasteiger partial charge on any atom is 0.0205 e. The molecule has 0 aromatic carbocycles. The molecule has 2 unspecified atom stereocenters. The molecular formula is C23H36. The lowest BCUT2D eigenvalue weighted by Crippen LogP contribution is -2.48. The Bertz CT molecular complexity index is 494. The minimum Gasteiger partial charge on any atom is -0.106 e. The summed E-state index contributed by atoms with van der Waals surface area (Å²) >= 11 is 0. The van der Waals surface area contributed by atoms with Crippen molar-refractivity contribution in [2.75, 3.05) is 0 Å². The van der Waals surface area contributed by atoms with Crippen molar-refractivity contribution < 1.29 is 0 Å². The Morgan fingerprint density at radius 3 is 2.52 bits per heavy atom. The standard InChI is InChI=1S/C23H36/c1-4-6-16-7-10-19-17(15-16)8-11-21-20(19)13-14-23(3)18(5-2)9-12-22(21)23/h16-22H,5,7-15H2,1-3H3/t16?,17?,18-,19-,20+,21+,22-,23+/m0/s1. The van der Waals surface area contributed by atoms with Crippen LogP contribution >= 0.6 is 0 Å². The number of fused-ring (bicyclic) bond motifs is 5. The molecule has 4 fully saturated rings. The average Bonchev–Trinajstić information content (AvgIpc) is 2.91. The van der Waals surface area contributed by atoms with Crippen LogP contribution in [0.2, 0.25) is 0 Å². The van der Waals surface area contributed by atoms with Crippen LogP contribution in [0.25, 0.3) is 0 Å². The van der Waals surface area contributed by atoms with E-state index < -0.39 is 0 Å². The highest BCUT2D eigenvalue weighted by Crippen LogP contribution is 2.64. The summed E-state index contributed by atoms with van der Waals surface area (Å²) in [5.41, 5.74) is 0.702. The summed E-state index contributed by atoms with van der Waals surface area (Å²) in [4.78, 5) is 0. The van der Waals surface area contributed by atoms with Gasteiger partial charge in [-0.25, -0.2) is 0 Å². The summed E-state index contributed by atoms with van der Waals surface area (Å²) < 4.78 is 0. The van der Waals surface area contributed by atoms with Gasteiger partial charge in [-0.1, -0.05) is 20.3 Å². The maximum absolute atomic E-state index is 3.50. The van der Waals surface area contributed by atoms with Gasteiger partial charge < -0.3 is 0 Å². The first-order chi connectivity index (χ1) is 11.2. The van der Waals surface area contributed by atoms with Crippen LogP contribution in [0.15, 0.2) is 0 Å². The molecule has 4 saturated carbocycles. The van der Waals surface area contributed by atoms with Crippen molar-refractivity contribution in [3.8, 4) is 11.8 Å². The molecule has 0 spiro atoms. The molecule has 0 bridgehead atoms. The summed E-state index contributed by atoms with van der Waals surface area (Å²) in [6, 6.07) is 0. The van der Waals surface area contributed by atoms with E-state index in [1.54, 1.807) is 25.7 Å². The topological polar surface area (TPSA) is 0 Å². The molecule has 0 saturated heterocycles. The Labute approximate surface area is 144 Å². The monoisotopic (exact) mass is 312 g/mol. The van der Waals surface area contributed by atoms with Crippen molar-refractivity contribution in [2.24, 2.45) is 46.8 Å². The largest absolute Gasteiger partial charge is 0.106 e. The van der Waals surface area contributed by atoms with Gasteiger partial charge in [0.2, 0.25) is 0 Å². The van der Waals surface area contributed by atoms with Gasteiger partial charge in [-0.15, -0.1) is 11.8 Å². The van der Waals surface area contributed by atoms with Crippen molar-refractivity contribution in [2.45, 2.75) is 85.0 Å². The molecule has 0 N–H and O–H groups in total. The van der Waals surface area contributed by atoms with Crippen LogP contribution in [0.1, 0.15) is 85.0 Å². The van der Waals surface area contributed by atoms with Crippen molar-refractivity contribution >= 4 is 0 Å². The van der Waals surface area contributed by atoms with Crippen LogP contribution < -0.4 is 0 Å². The molecule has 0 radical (unpaired) electrons. The molecule has 4 rings (SSSR count). The number of hydrogen-bond acceptors (Lipinski definition) is 0. The van der Waals surface area contributed by atoms with Crippen LogP contribution in [-0.2, 0) is 0 Å². The fraction of sp³-hybridized carbons (Fsp3) is 0.913. The highest BCUT2D eigenvalue weighted by molar-refractivity contribution is 5.08. The summed E-state index contributed by atoms with van der Waals surface area (Å²) in [6.45, 7) is 7.14. The number of hydrogen-bond donors (Lipinski definition) is 0. The average molecular weight is 313 g/mol. The molecule has 0 heteroatoms. The molecule has 0 heterocycles. The van der Waals surface area contributed by atoms with E-state index in [0.29, 0.717) is 5.41 Å². The van der Waals surface area contributed by atoms with Crippen molar-refractivity contribution in [3.05, 3.63) is 0 Å². The molecule has 0 aromatic rings. The smallest absolute Gasteiger partial charge is 0.0205 e. The molecule has 0 aliphatic heterocycles. The van der Waals surface area contributed by atoms with Gasteiger partial charge in [0.05, 0.1) is 0 Å². The van der Waals surface area contributed by atoms with E-state index in [9.17, 15) is 0 Å². The van der Waals surface area contributed by atoms with Gasteiger partial charge in [0.15, 0.2) is 0 Å². The summed E-state index contributed by atoms with van der Waals surface area (Å²) in [5, 5.41) is 0. The fourth-order valence-corrected chi connectivity index (χ4v) is 7.97. The van der Waals surface area contributed by atoms with E-state index in [1.165, 1.54) is 38.5 Å². The lowest BCUT2D eigenvalue weighted by molar-refractivity contribution is -0.0655. The fourth-order valence-electron chi connectivity index (χ4n) is 7.97. The zero-order valence-electron chi connectivity index (χ0n) is 15.6. The summed E-state index contributed by atoms with van der Waals surface area (Å²) in [5.74, 6) is 13.8. The van der Waals surface area contributed by atoms with Crippen LogP contribution in [0.5, 0.6) is 0 Å². The van der Waals surface area contributed by atoms with E-state index in [4.69, 9.17) is 0 Å². The van der Waals surface area contributed by atoms with E-state index >= 15 is 0 Å². The van der Waals surface area contributed by atoms with Gasteiger partial charge in [-0.2, -0.15) is 0 Å².